The molecule has 8 heterocycles. The molecule has 0 saturated heterocycles. The normalized spacial score (nSPS) is 14.5. The summed E-state index contributed by atoms with van der Waals surface area (Å²) in [5, 5.41) is 30.2. The number of Topliss-reactive ketones (excluding diaryl/α,β-unsaturated/α-hetero) is 6. The molecule has 21 nitrogen and oxygen atoms in total. The van der Waals surface area contributed by atoms with Crippen LogP contribution >= 0.6 is 139 Å². The van der Waals surface area contributed by atoms with Crippen molar-refractivity contribution >= 4 is 179 Å². The van der Waals surface area contributed by atoms with Crippen molar-refractivity contribution in [1.82, 2.24) is 72.1 Å². The predicted octanol–water partition coefficient (Wildman–Crippen LogP) is 28.2. The zero-order valence-electron chi connectivity index (χ0n) is 76.7. The number of hydrogen-bond acceptors (Lipinski definition) is 28. The van der Waals surface area contributed by atoms with Gasteiger partial charge >= 0.3 is 0 Å². The average molecular weight is 2170 g/mol. The summed E-state index contributed by atoms with van der Waals surface area (Å²) in [6.45, 7) is 7.52. The fourth-order valence-corrected chi connectivity index (χ4v) is 21.8. The first kappa shape index (κ1) is 106. The Kier molecular flexibility index (Phi) is 37.6. The molecule has 0 unspecified atom stereocenters. The second-order valence-corrected chi connectivity index (χ2v) is 42.8. The third-order valence-corrected chi connectivity index (χ3v) is 31.9. The Morgan fingerprint density at radius 1 is 0.310 bits per heavy atom. The molecule has 0 bridgehead atoms. The molecule has 142 heavy (non-hydrogen) atoms. The van der Waals surface area contributed by atoms with Gasteiger partial charge in [0.25, 0.3) is 0 Å². The van der Waals surface area contributed by atoms with Crippen LogP contribution in [0.4, 0.5) is 35.1 Å². The van der Waals surface area contributed by atoms with Gasteiger partial charge < -0.3 is 0 Å². The number of ketones is 6. The Bertz CT molecular complexity index is 6690. The van der Waals surface area contributed by atoms with E-state index in [1.54, 1.807) is 55.5 Å². The molecular weight excluding hydrogens is 2070 g/mol. The lowest BCUT2D eigenvalue weighted by Gasteiger charge is -2.07. The van der Waals surface area contributed by atoms with Gasteiger partial charge in [-0.2, -0.15) is 4.39 Å². The molecule has 0 amide bonds. The Hall–Kier alpha value is -9.96. The molecule has 14 aromatic rings. The van der Waals surface area contributed by atoms with E-state index in [1.807, 2.05) is 13.0 Å². The number of rotatable bonds is 36. The number of pyridine rings is 1. The molecule has 0 atom stereocenters. The van der Waals surface area contributed by atoms with Crippen LogP contribution in [0.1, 0.15) is 336 Å². The predicted molar refractivity (Wildman–Crippen MR) is 538 cm³/mol. The van der Waals surface area contributed by atoms with Crippen molar-refractivity contribution < 1.29 is 63.9 Å². The standard InChI is InChI=1S/2C15H14ClFN2OS.C15H14F2N2OS.C14H10ClFN2O2S.C14H12ClFN2OS.C14H14ClFN2S.C14H14FN3S/c1-8-2-6-11(17)10(13(8)16)5-7-12(20)15-14(9-3-4-9)18-19-21-15;16-11-4-2-5-12(17)10(11)3-1-6-13(20)15-14(9-7-8-9)18-19-21-15;1-8-2-6-11(16)10(13(8)17)5-7-12(20)15-14(9-3-4-9)18-19-21-15;15-8-2-1-3-9(16)12(8)10(19)6-11(20)14-13(7-4-5-7)17-18-21-14;15-10-2-1-3-11(16)9(10)6-7-12(19)14-13(8-4-5-8)17-18-20-14;15-11-4-2-5-12(16)10(11)3-1-6-13-14(9-7-8-9)17-18-19-13;1-9(5-8-11-3-2-4-12(15)16-11)14-13(10-6-7-10)17-18-19-14/h2,6,9H,3-5,7H2,1H3;2,4-5,9H,1,3,6-8H2;2,6,9H,3-5,7H2,1H3;1-3,7H,4-6H2;1-3,8H,4-7H2;2,4-5,9H,1,3,6-8H2;2-4,10H,1,5-8H2. The van der Waals surface area contributed by atoms with E-state index in [9.17, 15) is 63.9 Å². The van der Waals surface area contributed by atoms with Gasteiger partial charge in [0, 0.05) is 126 Å². The van der Waals surface area contributed by atoms with Crippen LogP contribution in [0.3, 0.4) is 0 Å². The number of aryl methyl sites for hydroxylation is 4. The molecular formula is C101H92Cl5F8N15O6S7. The van der Waals surface area contributed by atoms with Crippen molar-refractivity contribution in [3.63, 3.8) is 0 Å². The molecule has 8 aromatic heterocycles. The van der Waals surface area contributed by atoms with Crippen molar-refractivity contribution in [3.8, 4) is 0 Å². The molecule has 0 radical (unpaired) electrons. The zero-order valence-corrected chi connectivity index (χ0v) is 86.1. The topological polar surface area (TPSA) is 296 Å². The van der Waals surface area contributed by atoms with E-state index in [-0.39, 0.29) is 99.9 Å². The van der Waals surface area contributed by atoms with Crippen LogP contribution in [0.15, 0.2) is 122 Å². The number of benzene rings is 6. The molecule has 0 aliphatic heterocycles. The number of carbonyl (C=O) groups excluding carboxylic acids is 6. The van der Waals surface area contributed by atoms with Gasteiger partial charge in [-0.15, -0.1) is 35.7 Å². The number of hydrogen-bond donors (Lipinski definition) is 0. The minimum atomic E-state index is -0.717. The van der Waals surface area contributed by atoms with Gasteiger partial charge in [0.05, 0.1) is 61.7 Å². The van der Waals surface area contributed by atoms with Crippen LogP contribution in [-0.4, -0.2) is 107 Å². The summed E-state index contributed by atoms with van der Waals surface area (Å²) in [6.07, 6.45) is 21.5. The highest BCUT2D eigenvalue weighted by molar-refractivity contribution is 7.09. The molecule has 740 valence electrons. The van der Waals surface area contributed by atoms with Crippen LogP contribution in [0.25, 0.3) is 5.57 Å². The van der Waals surface area contributed by atoms with Gasteiger partial charge in [0.2, 0.25) is 5.95 Å². The minimum Gasteiger partial charge on any atom is -0.294 e. The third kappa shape index (κ3) is 29.0. The van der Waals surface area contributed by atoms with E-state index in [2.05, 4.69) is 78.7 Å². The largest absolute Gasteiger partial charge is 0.294 e. The average Bonchev–Trinajstić information content (AvgIpc) is 1.67. The first-order valence-electron chi connectivity index (χ1n) is 46.4. The highest BCUT2D eigenvalue weighted by Crippen LogP contribution is 2.48. The van der Waals surface area contributed by atoms with Crippen molar-refractivity contribution in [3.05, 3.63) is 318 Å². The maximum Gasteiger partial charge on any atom is 0.213 e. The van der Waals surface area contributed by atoms with Crippen LogP contribution in [0.5, 0.6) is 0 Å². The smallest absolute Gasteiger partial charge is 0.213 e. The van der Waals surface area contributed by atoms with Crippen molar-refractivity contribution in [2.75, 3.05) is 0 Å². The SMILES string of the molecule is C=C(CCc1cccc(F)n1)c1snnc1C1CC1.Cc1ccc(F)c(CCC(=O)c2snnc2C2CC2)c1Cl.Cc1ccc(F)c(CCC(=O)c2snnc2C2CC2)c1F.Fc1cccc(Cl)c1CCCc1snnc1C1CC1.O=C(CC(=O)c1c(F)cccc1Cl)c1snnc1C1CC1.O=C(CCCc1c(F)cccc1Cl)c1snnc1C1CC1.O=C(CCc1c(F)cccc1Cl)c1snnc1C1CC1. The maximum atomic E-state index is 13.9. The summed E-state index contributed by atoms with van der Waals surface area (Å²) in [5.41, 5.74) is 10.8. The van der Waals surface area contributed by atoms with Crippen LogP contribution < -0.4 is 0 Å². The number of allylic oxidation sites excluding steroid dienone is 1. The van der Waals surface area contributed by atoms with Crippen LogP contribution in [-0.2, 0) is 44.9 Å². The molecule has 0 spiro atoms. The second kappa shape index (κ2) is 50.2. The Balaban J connectivity index is 0.000000125. The van der Waals surface area contributed by atoms with E-state index in [0.717, 1.165) is 186 Å². The number of halogens is 13. The van der Waals surface area contributed by atoms with Crippen LogP contribution in [0.2, 0.25) is 25.1 Å². The summed E-state index contributed by atoms with van der Waals surface area (Å²) in [4.78, 5) is 82.4. The monoisotopic (exact) mass is 2160 g/mol. The van der Waals surface area contributed by atoms with Gasteiger partial charge in [-0.1, -0.05) is 138 Å². The second-order valence-electron chi connectivity index (χ2n) is 35.4. The Labute approximate surface area is 867 Å². The molecule has 21 rings (SSSR count). The lowest BCUT2D eigenvalue weighted by atomic mass is 10.0. The summed E-state index contributed by atoms with van der Waals surface area (Å²) in [6, 6.07) is 28.6. The Morgan fingerprint density at radius 3 is 1.06 bits per heavy atom. The van der Waals surface area contributed by atoms with Gasteiger partial charge in [0.15, 0.2) is 34.7 Å². The Morgan fingerprint density at radius 2 is 0.641 bits per heavy atom. The fourth-order valence-electron chi connectivity index (χ4n) is 15.5. The summed E-state index contributed by atoms with van der Waals surface area (Å²) in [7, 11) is 0. The van der Waals surface area contributed by atoms with E-state index >= 15 is 0 Å². The molecule has 7 aliphatic rings. The highest BCUT2D eigenvalue weighted by atomic mass is 35.5. The van der Waals surface area contributed by atoms with Gasteiger partial charge in [-0.25, -0.2) is 35.7 Å². The molecule has 7 saturated carbocycles. The van der Waals surface area contributed by atoms with Crippen LogP contribution in [0, 0.1) is 60.5 Å². The first-order chi connectivity index (χ1) is 68.5. The molecule has 6 aromatic carbocycles. The number of aromatic nitrogens is 15. The number of nitrogens with zero attached hydrogens (tertiary/aromatic N) is 15. The third-order valence-electron chi connectivity index (χ3n) is 24.4. The van der Waals surface area contributed by atoms with E-state index in [4.69, 9.17) is 58.0 Å². The van der Waals surface area contributed by atoms with Crippen molar-refractivity contribution in [2.45, 2.75) is 241 Å². The quantitative estimate of drug-likeness (QED) is 0.0152. The van der Waals surface area contributed by atoms with Crippen molar-refractivity contribution in [2.24, 2.45) is 0 Å². The fraction of sp³-hybridized carbons (Fsp3) is 0.376. The molecule has 7 fully saturated rings. The first-order valence-corrected chi connectivity index (χ1v) is 53.7. The molecule has 7 aliphatic carbocycles. The van der Waals surface area contributed by atoms with Gasteiger partial charge in [-0.05, 0) is 338 Å². The molecule has 41 heteroatoms. The lowest BCUT2D eigenvalue weighted by Crippen LogP contribution is -2.11. The highest BCUT2D eigenvalue weighted by Gasteiger charge is 2.38. The summed E-state index contributed by atoms with van der Waals surface area (Å²) in [5.74, 6) is -1.66. The summed E-state index contributed by atoms with van der Waals surface area (Å²) >= 11 is 38.3. The van der Waals surface area contributed by atoms with Crippen molar-refractivity contribution in [1.29, 1.82) is 0 Å². The molecule has 0 N–H and O–H groups in total. The minimum absolute atomic E-state index is 0.0117. The number of carbonyl (C=O) groups is 6. The van der Waals surface area contributed by atoms with E-state index in [0.29, 0.717) is 158 Å². The van der Waals surface area contributed by atoms with E-state index in [1.165, 1.54) is 125 Å². The lowest BCUT2D eigenvalue weighted by molar-refractivity contribution is 0.0889. The summed E-state index contributed by atoms with van der Waals surface area (Å²) < 4.78 is 136. The van der Waals surface area contributed by atoms with E-state index < -0.39 is 35.6 Å². The maximum absolute atomic E-state index is 13.9. The van der Waals surface area contributed by atoms with Gasteiger partial charge in [0.1, 0.15) is 65.1 Å². The zero-order chi connectivity index (χ0) is 100. The van der Waals surface area contributed by atoms with Gasteiger partial charge in [-0.3, -0.25) is 28.8 Å².